The molecule has 26 heavy (non-hydrogen) atoms. The van der Waals surface area contributed by atoms with Crippen molar-refractivity contribution in [3.05, 3.63) is 11.5 Å². The van der Waals surface area contributed by atoms with Crippen LogP contribution in [-0.2, 0) is 14.3 Å². The van der Waals surface area contributed by atoms with Gasteiger partial charge < -0.3 is 36.4 Å². The molecule has 0 bridgehead atoms. The highest BCUT2D eigenvalue weighted by Crippen LogP contribution is 2.29. The van der Waals surface area contributed by atoms with Gasteiger partial charge in [-0.05, 0) is 24.8 Å². The minimum atomic E-state index is -1.32. The molecule has 0 aromatic rings. The second-order valence-electron chi connectivity index (χ2n) is 6.01. The van der Waals surface area contributed by atoms with Gasteiger partial charge in [-0.15, -0.1) is 0 Å². The van der Waals surface area contributed by atoms with Crippen molar-refractivity contribution in [3.63, 3.8) is 0 Å². The third kappa shape index (κ3) is 7.60. The van der Waals surface area contributed by atoms with E-state index in [4.69, 9.17) is 10.5 Å². The second kappa shape index (κ2) is 12.3. The van der Waals surface area contributed by atoms with Crippen LogP contribution < -0.4 is 16.4 Å². The Morgan fingerprint density at radius 3 is 2.58 bits per heavy atom. The largest absolute Gasteiger partial charge is 0.394 e. The summed E-state index contributed by atoms with van der Waals surface area (Å²) in [7, 11) is 0. The van der Waals surface area contributed by atoms with Crippen LogP contribution >= 0.6 is 11.8 Å². The monoisotopic (exact) mass is 391 g/mol. The van der Waals surface area contributed by atoms with Gasteiger partial charge in [0.05, 0.1) is 12.6 Å². The Balaban J connectivity index is 2.54. The third-order valence-corrected chi connectivity index (χ3v) is 4.83. The van der Waals surface area contributed by atoms with E-state index in [1.807, 2.05) is 0 Å². The zero-order chi connectivity index (χ0) is 19.5. The Bertz CT molecular complexity index is 479. The van der Waals surface area contributed by atoms with E-state index >= 15 is 0 Å². The van der Waals surface area contributed by atoms with Gasteiger partial charge in [0.2, 0.25) is 11.8 Å². The highest BCUT2D eigenvalue weighted by Gasteiger charge is 2.44. The molecule has 1 heterocycles. The smallest absolute Gasteiger partial charge is 0.244 e. The number of ether oxygens (including phenoxy) is 1. The molecule has 0 spiro atoms. The number of carbonyl (C=O) groups is 2. The predicted molar refractivity (Wildman–Crippen MR) is 98.0 cm³/mol. The molecule has 2 amide bonds. The predicted octanol–water partition coefficient (Wildman–Crippen LogP) is -1.58. The Morgan fingerprint density at radius 2 is 1.96 bits per heavy atom. The molecule has 1 saturated heterocycles. The van der Waals surface area contributed by atoms with Crippen LogP contribution in [0.15, 0.2) is 11.5 Å². The SMILES string of the molecule is CC(=O)N[C@@H]1[C@@H](O)[C@@H](O)[C@@H](CO)O[C@@H]1SC=CC(=O)NCCCCCN. The van der Waals surface area contributed by atoms with E-state index in [0.717, 1.165) is 31.0 Å². The maximum atomic E-state index is 11.7. The first-order valence-corrected chi connectivity index (χ1v) is 9.54. The summed E-state index contributed by atoms with van der Waals surface area (Å²) in [5.74, 6) is -0.659. The van der Waals surface area contributed by atoms with E-state index in [1.54, 1.807) is 0 Å². The van der Waals surface area contributed by atoms with Crippen molar-refractivity contribution in [2.24, 2.45) is 5.73 Å². The zero-order valence-corrected chi connectivity index (χ0v) is 15.7. The molecule has 9 nitrogen and oxygen atoms in total. The molecule has 0 aliphatic carbocycles. The van der Waals surface area contributed by atoms with Crippen molar-refractivity contribution < 1.29 is 29.6 Å². The Labute approximate surface area is 157 Å². The molecule has 0 aromatic heterocycles. The summed E-state index contributed by atoms with van der Waals surface area (Å²) in [5, 5.41) is 36.1. The highest BCUT2D eigenvalue weighted by molar-refractivity contribution is 8.02. The van der Waals surface area contributed by atoms with E-state index in [2.05, 4.69) is 10.6 Å². The molecule has 0 radical (unpaired) electrons. The fourth-order valence-corrected chi connectivity index (χ4v) is 3.44. The molecule has 1 aliphatic heterocycles. The average Bonchev–Trinajstić information content (AvgIpc) is 2.60. The fourth-order valence-electron chi connectivity index (χ4n) is 2.48. The van der Waals surface area contributed by atoms with Gasteiger partial charge in [-0.25, -0.2) is 0 Å². The number of nitrogens with one attached hydrogen (secondary N) is 2. The quantitative estimate of drug-likeness (QED) is 0.193. The van der Waals surface area contributed by atoms with E-state index in [-0.39, 0.29) is 5.91 Å². The molecule has 0 aromatic carbocycles. The average molecular weight is 391 g/mol. The highest BCUT2D eigenvalue weighted by atomic mass is 32.2. The normalized spacial score (nSPS) is 28.9. The Morgan fingerprint density at radius 1 is 1.23 bits per heavy atom. The van der Waals surface area contributed by atoms with Gasteiger partial charge in [-0.2, -0.15) is 0 Å². The van der Waals surface area contributed by atoms with Gasteiger partial charge in [0.25, 0.3) is 0 Å². The number of rotatable bonds is 10. The maximum Gasteiger partial charge on any atom is 0.244 e. The molecule has 7 N–H and O–H groups in total. The molecule has 1 fully saturated rings. The van der Waals surface area contributed by atoms with Crippen LogP contribution in [0.1, 0.15) is 26.2 Å². The van der Waals surface area contributed by atoms with Gasteiger partial charge in [0.15, 0.2) is 0 Å². The van der Waals surface area contributed by atoms with E-state index in [1.165, 1.54) is 18.4 Å². The molecule has 1 aliphatic rings. The lowest BCUT2D eigenvalue weighted by molar-refractivity contribution is -0.173. The van der Waals surface area contributed by atoms with Crippen LogP contribution in [0.2, 0.25) is 0 Å². The third-order valence-electron chi connectivity index (χ3n) is 3.86. The number of thioether (sulfide) groups is 1. The number of amides is 2. The van der Waals surface area contributed by atoms with E-state index in [9.17, 15) is 24.9 Å². The van der Waals surface area contributed by atoms with Crippen LogP contribution in [0.25, 0.3) is 0 Å². The number of nitrogens with two attached hydrogens (primary N) is 1. The molecular weight excluding hydrogens is 362 g/mol. The van der Waals surface area contributed by atoms with Crippen molar-refractivity contribution in [1.29, 1.82) is 0 Å². The molecule has 5 atom stereocenters. The molecule has 150 valence electrons. The lowest BCUT2D eigenvalue weighted by Crippen LogP contribution is -2.63. The fraction of sp³-hybridized carbons (Fsp3) is 0.750. The summed E-state index contributed by atoms with van der Waals surface area (Å²) in [4.78, 5) is 23.1. The summed E-state index contributed by atoms with van der Waals surface area (Å²) in [6, 6.07) is -0.876. The summed E-state index contributed by atoms with van der Waals surface area (Å²) >= 11 is 1.07. The molecule has 10 heteroatoms. The van der Waals surface area contributed by atoms with Gasteiger partial charge >= 0.3 is 0 Å². The van der Waals surface area contributed by atoms with E-state index in [0.29, 0.717) is 13.1 Å². The summed E-state index contributed by atoms with van der Waals surface area (Å²) < 4.78 is 5.53. The summed E-state index contributed by atoms with van der Waals surface area (Å²) in [5.41, 5.74) is 4.64. The number of aliphatic hydroxyl groups excluding tert-OH is 3. The van der Waals surface area contributed by atoms with Crippen LogP contribution in [-0.4, -0.2) is 76.6 Å². The topological polar surface area (TPSA) is 154 Å². The second-order valence-corrected chi connectivity index (χ2v) is 7.02. The number of hydrogen-bond acceptors (Lipinski definition) is 8. The molecular formula is C16H29N3O6S. The Hall–Kier alpha value is -1.17. The van der Waals surface area contributed by atoms with Crippen LogP contribution in [0.4, 0.5) is 0 Å². The van der Waals surface area contributed by atoms with Gasteiger partial charge in [0, 0.05) is 19.5 Å². The molecule has 1 rings (SSSR count). The van der Waals surface area contributed by atoms with Crippen LogP contribution in [0, 0.1) is 0 Å². The van der Waals surface area contributed by atoms with Crippen molar-refractivity contribution in [1.82, 2.24) is 10.6 Å². The molecule has 0 unspecified atom stereocenters. The number of aliphatic hydroxyl groups is 3. The maximum absolute atomic E-state index is 11.7. The van der Waals surface area contributed by atoms with Gasteiger partial charge in [-0.3, -0.25) is 9.59 Å². The van der Waals surface area contributed by atoms with Crippen molar-refractivity contribution in [3.8, 4) is 0 Å². The van der Waals surface area contributed by atoms with Crippen LogP contribution in [0.3, 0.4) is 0 Å². The zero-order valence-electron chi connectivity index (χ0n) is 14.8. The van der Waals surface area contributed by atoms with Gasteiger partial charge in [-0.1, -0.05) is 18.2 Å². The minimum Gasteiger partial charge on any atom is -0.394 e. The first kappa shape index (κ1) is 22.9. The first-order chi connectivity index (χ1) is 12.4. The summed E-state index contributed by atoms with van der Waals surface area (Å²) in [6.07, 6.45) is 0.451. The lowest BCUT2D eigenvalue weighted by Gasteiger charge is -2.41. The van der Waals surface area contributed by atoms with Crippen molar-refractivity contribution in [2.45, 2.75) is 56.0 Å². The van der Waals surface area contributed by atoms with Crippen molar-refractivity contribution >= 4 is 23.6 Å². The number of hydrogen-bond donors (Lipinski definition) is 6. The lowest BCUT2D eigenvalue weighted by atomic mass is 9.98. The van der Waals surface area contributed by atoms with Crippen molar-refractivity contribution in [2.75, 3.05) is 19.7 Å². The van der Waals surface area contributed by atoms with E-state index < -0.39 is 42.3 Å². The molecule has 0 saturated carbocycles. The van der Waals surface area contributed by atoms with Crippen LogP contribution in [0.5, 0.6) is 0 Å². The number of unbranched alkanes of at least 4 members (excludes halogenated alkanes) is 2. The minimum absolute atomic E-state index is 0.267. The summed E-state index contributed by atoms with van der Waals surface area (Å²) in [6.45, 7) is 2.00. The standard InChI is InChI=1S/C16H29N3O6S/c1-10(21)19-13-15(24)14(23)11(9-20)25-16(13)26-8-5-12(22)18-7-4-2-3-6-17/h5,8,11,13-16,20,23-24H,2-4,6-7,9,17H2,1H3,(H,18,22)(H,19,21)/t11-,13-,14+,15-,16-/m1/s1. The Kier molecular flexibility index (Phi) is 10.8. The number of carbonyl (C=O) groups excluding carboxylic acids is 2. The first-order valence-electron chi connectivity index (χ1n) is 8.60. The van der Waals surface area contributed by atoms with Gasteiger partial charge in [0.1, 0.15) is 23.7 Å².